The molecular formula is C15H14N2O4. The van der Waals surface area contributed by atoms with E-state index in [1.807, 2.05) is 24.3 Å². The lowest BCUT2D eigenvalue weighted by Crippen LogP contribution is -2.29. The van der Waals surface area contributed by atoms with Crippen LogP contribution in [-0.4, -0.2) is 26.9 Å². The number of carbonyl (C=O) groups excluding carboxylic acids is 1. The maximum atomic E-state index is 12.3. The first-order valence-corrected chi connectivity index (χ1v) is 6.55. The van der Waals surface area contributed by atoms with Gasteiger partial charge in [-0.05, 0) is 19.1 Å². The highest BCUT2D eigenvalue weighted by Crippen LogP contribution is 2.27. The van der Waals surface area contributed by atoms with Crippen molar-refractivity contribution in [3.63, 3.8) is 0 Å². The first-order valence-electron chi connectivity index (χ1n) is 6.55. The number of rotatable bonds is 2. The second kappa shape index (κ2) is 4.66. The fourth-order valence-electron chi connectivity index (χ4n) is 2.50. The lowest BCUT2D eigenvalue weighted by Gasteiger charge is -2.10. The average molecular weight is 286 g/mol. The summed E-state index contributed by atoms with van der Waals surface area (Å²) in [6.07, 6.45) is 0. The van der Waals surface area contributed by atoms with Crippen LogP contribution in [0.15, 0.2) is 35.1 Å². The van der Waals surface area contributed by atoms with Gasteiger partial charge in [0, 0.05) is 12.4 Å². The molecule has 0 bridgehead atoms. The zero-order valence-electron chi connectivity index (χ0n) is 11.7. The van der Waals surface area contributed by atoms with Gasteiger partial charge in [0.2, 0.25) is 0 Å². The summed E-state index contributed by atoms with van der Waals surface area (Å²) in [4.78, 5) is 24.2. The number of esters is 1. The van der Waals surface area contributed by atoms with Crippen molar-refractivity contribution in [3.05, 3.63) is 46.2 Å². The summed E-state index contributed by atoms with van der Waals surface area (Å²) in [7, 11) is 1.55. The molecule has 0 aliphatic carbocycles. The highest BCUT2D eigenvalue weighted by atomic mass is 16.5. The number of hydrogen-bond donors (Lipinski definition) is 1. The van der Waals surface area contributed by atoms with E-state index in [9.17, 15) is 14.7 Å². The van der Waals surface area contributed by atoms with Gasteiger partial charge in [-0.1, -0.05) is 18.2 Å². The molecule has 108 valence electrons. The smallest absolute Gasteiger partial charge is 0.347 e. The lowest BCUT2D eigenvalue weighted by molar-refractivity contribution is 0.0520. The minimum atomic E-state index is -0.816. The van der Waals surface area contributed by atoms with Crippen LogP contribution in [0.5, 0.6) is 5.75 Å². The molecule has 0 aliphatic heterocycles. The van der Waals surface area contributed by atoms with E-state index in [0.29, 0.717) is 5.52 Å². The first-order chi connectivity index (χ1) is 10.1. The van der Waals surface area contributed by atoms with Crippen molar-refractivity contribution in [3.8, 4) is 5.75 Å². The molecule has 2 aromatic heterocycles. The summed E-state index contributed by atoms with van der Waals surface area (Å²) in [5.41, 5.74) is 0.230. The fraction of sp³-hybridized carbons (Fsp3) is 0.200. The maximum absolute atomic E-state index is 12.3. The monoisotopic (exact) mass is 286 g/mol. The topological polar surface area (TPSA) is 72.9 Å². The molecule has 2 heterocycles. The van der Waals surface area contributed by atoms with Crippen molar-refractivity contribution < 1.29 is 14.6 Å². The number of aromatic nitrogens is 2. The predicted octanol–water partition coefficient (Wildman–Crippen LogP) is 1.67. The van der Waals surface area contributed by atoms with Crippen molar-refractivity contribution >= 4 is 22.4 Å². The predicted molar refractivity (Wildman–Crippen MR) is 77.8 cm³/mol. The van der Waals surface area contributed by atoms with E-state index in [1.54, 1.807) is 24.6 Å². The molecule has 21 heavy (non-hydrogen) atoms. The highest BCUT2D eigenvalue weighted by molar-refractivity contribution is 5.97. The molecule has 1 aromatic carbocycles. The quantitative estimate of drug-likeness (QED) is 0.727. The van der Waals surface area contributed by atoms with Gasteiger partial charge in [0.15, 0.2) is 11.3 Å². The van der Waals surface area contributed by atoms with Crippen LogP contribution >= 0.6 is 0 Å². The summed E-state index contributed by atoms with van der Waals surface area (Å²) in [6, 6.07) is 9.15. The first kappa shape index (κ1) is 13.2. The summed E-state index contributed by atoms with van der Waals surface area (Å²) in [6.45, 7) is 1.78. The van der Waals surface area contributed by atoms with E-state index in [-0.39, 0.29) is 17.9 Å². The van der Waals surface area contributed by atoms with E-state index in [4.69, 9.17) is 4.74 Å². The van der Waals surface area contributed by atoms with Gasteiger partial charge >= 0.3 is 5.97 Å². The Bertz CT molecular complexity index is 921. The molecule has 0 aliphatic rings. The molecule has 0 amide bonds. The van der Waals surface area contributed by atoms with Gasteiger partial charge in [-0.15, -0.1) is 0 Å². The van der Waals surface area contributed by atoms with Gasteiger partial charge in [0.05, 0.1) is 12.1 Å². The fourth-order valence-corrected chi connectivity index (χ4v) is 2.50. The van der Waals surface area contributed by atoms with E-state index in [2.05, 4.69) is 0 Å². The molecule has 0 atom stereocenters. The summed E-state index contributed by atoms with van der Waals surface area (Å²) < 4.78 is 7.72. The number of ether oxygens (including phenoxy) is 1. The minimum Gasteiger partial charge on any atom is -0.505 e. The van der Waals surface area contributed by atoms with Crippen LogP contribution in [0.25, 0.3) is 16.4 Å². The lowest BCUT2D eigenvalue weighted by atomic mass is 10.2. The second-order valence-electron chi connectivity index (χ2n) is 4.67. The molecule has 0 fully saturated rings. The van der Waals surface area contributed by atoms with Crippen LogP contribution < -0.4 is 5.56 Å². The Labute approximate surface area is 119 Å². The van der Waals surface area contributed by atoms with Gasteiger partial charge in [-0.25, -0.2) is 14.0 Å². The standard InChI is InChI=1S/C15H14N2O4/c1-3-21-15(20)12-13(18)11-8-9-6-4-5-7-10(9)17(11)16(2)14(12)19/h4-8,18H,3H2,1-2H3. The molecular weight excluding hydrogens is 272 g/mol. The van der Waals surface area contributed by atoms with Crippen LogP contribution in [0.3, 0.4) is 0 Å². The maximum Gasteiger partial charge on any atom is 0.347 e. The molecule has 3 rings (SSSR count). The van der Waals surface area contributed by atoms with Crippen LogP contribution in [0, 0.1) is 0 Å². The Morgan fingerprint density at radius 2 is 2.00 bits per heavy atom. The number of aryl methyl sites for hydroxylation is 1. The third-order valence-corrected chi connectivity index (χ3v) is 3.45. The average Bonchev–Trinajstić information content (AvgIpc) is 2.85. The van der Waals surface area contributed by atoms with E-state index in [0.717, 1.165) is 10.9 Å². The van der Waals surface area contributed by atoms with E-state index < -0.39 is 11.5 Å². The number of para-hydroxylation sites is 1. The zero-order chi connectivity index (χ0) is 15.1. The largest absolute Gasteiger partial charge is 0.505 e. The number of nitrogens with zero attached hydrogens (tertiary/aromatic N) is 2. The zero-order valence-corrected chi connectivity index (χ0v) is 11.7. The molecule has 0 unspecified atom stereocenters. The molecule has 0 radical (unpaired) electrons. The number of carbonyl (C=O) groups is 1. The molecule has 1 N–H and O–H groups in total. The molecule has 6 nitrogen and oxygen atoms in total. The second-order valence-corrected chi connectivity index (χ2v) is 4.67. The van der Waals surface area contributed by atoms with Crippen LogP contribution in [-0.2, 0) is 11.8 Å². The van der Waals surface area contributed by atoms with Crippen LogP contribution in [0.4, 0.5) is 0 Å². The van der Waals surface area contributed by atoms with E-state index >= 15 is 0 Å². The van der Waals surface area contributed by atoms with Crippen molar-refractivity contribution in [2.75, 3.05) is 6.61 Å². The van der Waals surface area contributed by atoms with Gasteiger partial charge in [-0.2, -0.15) is 0 Å². The third kappa shape index (κ3) is 1.79. The van der Waals surface area contributed by atoms with Crippen molar-refractivity contribution in [1.82, 2.24) is 9.20 Å². The third-order valence-electron chi connectivity index (χ3n) is 3.45. The van der Waals surface area contributed by atoms with Gasteiger partial charge < -0.3 is 9.84 Å². The molecule has 0 spiro atoms. The Kier molecular flexibility index (Phi) is 2.94. The van der Waals surface area contributed by atoms with Crippen LogP contribution in [0.2, 0.25) is 0 Å². The molecule has 0 saturated heterocycles. The normalized spacial score (nSPS) is 11.1. The molecule has 3 aromatic rings. The minimum absolute atomic E-state index is 0.135. The SMILES string of the molecule is CCOC(=O)c1c(O)c2cc3ccccc3n2n(C)c1=O. The Morgan fingerprint density at radius 1 is 1.29 bits per heavy atom. The number of fused-ring (bicyclic) bond motifs is 3. The number of aromatic hydroxyl groups is 1. The highest BCUT2D eigenvalue weighted by Gasteiger charge is 2.23. The summed E-state index contributed by atoms with van der Waals surface area (Å²) >= 11 is 0. The number of benzene rings is 1. The van der Waals surface area contributed by atoms with E-state index in [1.165, 1.54) is 4.68 Å². The molecule has 0 saturated carbocycles. The Balaban J connectivity index is 2.47. The van der Waals surface area contributed by atoms with Crippen molar-refractivity contribution in [2.45, 2.75) is 6.92 Å². The van der Waals surface area contributed by atoms with Gasteiger partial charge in [0.25, 0.3) is 5.56 Å². The van der Waals surface area contributed by atoms with Gasteiger partial charge in [-0.3, -0.25) is 4.79 Å². The summed E-state index contributed by atoms with van der Waals surface area (Å²) in [5.74, 6) is -1.17. The van der Waals surface area contributed by atoms with Gasteiger partial charge in [0.1, 0.15) is 5.52 Å². The Hall–Kier alpha value is -2.76. The molecule has 6 heteroatoms. The number of hydrogen-bond acceptors (Lipinski definition) is 4. The summed E-state index contributed by atoms with van der Waals surface area (Å²) in [5, 5.41) is 11.2. The Morgan fingerprint density at radius 3 is 2.71 bits per heavy atom. The van der Waals surface area contributed by atoms with Crippen molar-refractivity contribution in [2.24, 2.45) is 7.05 Å². The van der Waals surface area contributed by atoms with Crippen LogP contribution in [0.1, 0.15) is 17.3 Å². The van der Waals surface area contributed by atoms with Crippen molar-refractivity contribution in [1.29, 1.82) is 0 Å².